The van der Waals surface area contributed by atoms with Gasteiger partial charge in [0.1, 0.15) is 0 Å². The van der Waals surface area contributed by atoms with Crippen LogP contribution in [-0.2, 0) is 6.42 Å². The first-order valence-electron chi connectivity index (χ1n) is 5.75. The maximum Gasteiger partial charge on any atom is 0.0914 e. The number of hydrogen-bond acceptors (Lipinski definition) is 2. The molecule has 0 aliphatic carbocycles. The van der Waals surface area contributed by atoms with Crippen LogP contribution in [0.3, 0.4) is 0 Å². The van der Waals surface area contributed by atoms with Gasteiger partial charge in [0.15, 0.2) is 0 Å². The third-order valence-corrected chi connectivity index (χ3v) is 2.46. The Morgan fingerprint density at radius 3 is 2.80 bits per heavy atom. The molecule has 0 aromatic heterocycles. The molecule has 0 bridgehead atoms. The van der Waals surface area contributed by atoms with Crippen molar-refractivity contribution in [2.45, 2.75) is 32.8 Å². The summed E-state index contributed by atoms with van der Waals surface area (Å²) in [5.41, 5.74) is 2.33. The minimum absolute atomic E-state index is 0.387. The first kappa shape index (κ1) is 12.2. The molecule has 0 amide bonds. The fourth-order valence-electron chi connectivity index (χ4n) is 1.64. The van der Waals surface area contributed by atoms with Gasteiger partial charge in [-0.25, -0.2) is 0 Å². The Bertz CT molecular complexity index is 286. The normalized spacial score (nSPS) is 12.7. The molecule has 1 atom stereocenters. The number of rotatable bonds is 6. The zero-order chi connectivity index (χ0) is 11.1. The van der Waals surface area contributed by atoms with Crippen molar-refractivity contribution in [2.24, 2.45) is 0 Å². The molecule has 2 nitrogen and oxygen atoms in total. The highest BCUT2D eigenvalue weighted by atomic mass is 16.3. The van der Waals surface area contributed by atoms with Crippen LogP contribution in [0.1, 0.15) is 37.5 Å². The first-order valence-corrected chi connectivity index (χ1v) is 5.75. The summed E-state index contributed by atoms with van der Waals surface area (Å²) in [6.45, 7) is 5.74. The summed E-state index contributed by atoms with van der Waals surface area (Å²) in [6.07, 6.45) is 1.84. The van der Waals surface area contributed by atoms with Crippen molar-refractivity contribution in [3.05, 3.63) is 35.4 Å². The standard InChI is InChI=1S/C13H21NO/c1-3-6-11-7-5-8-12(9-11)13(15)10-14-4-2/h5,7-9,13-15H,3-4,6,10H2,1-2H3. The van der Waals surface area contributed by atoms with E-state index >= 15 is 0 Å². The fraction of sp³-hybridized carbons (Fsp3) is 0.538. The molecule has 1 aromatic rings. The summed E-state index contributed by atoms with van der Waals surface area (Å²) >= 11 is 0. The average Bonchev–Trinajstić information content (AvgIpc) is 2.27. The maximum absolute atomic E-state index is 9.88. The van der Waals surface area contributed by atoms with Crippen LogP contribution >= 0.6 is 0 Å². The summed E-state index contributed by atoms with van der Waals surface area (Å²) in [4.78, 5) is 0. The van der Waals surface area contributed by atoms with Crippen LogP contribution in [0.25, 0.3) is 0 Å². The molecule has 0 saturated heterocycles. The van der Waals surface area contributed by atoms with E-state index in [0.717, 1.165) is 24.9 Å². The van der Waals surface area contributed by atoms with E-state index in [0.29, 0.717) is 6.54 Å². The smallest absolute Gasteiger partial charge is 0.0914 e. The Morgan fingerprint density at radius 1 is 1.33 bits per heavy atom. The molecular weight excluding hydrogens is 186 g/mol. The van der Waals surface area contributed by atoms with Crippen LogP contribution < -0.4 is 5.32 Å². The molecule has 0 aliphatic heterocycles. The van der Waals surface area contributed by atoms with Gasteiger partial charge in [0.05, 0.1) is 6.10 Å². The molecule has 1 unspecified atom stereocenters. The average molecular weight is 207 g/mol. The monoisotopic (exact) mass is 207 g/mol. The maximum atomic E-state index is 9.88. The number of likely N-dealkylation sites (N-methyl/N-ethyl adjacent to an activating group) is 1. The summed E-state index contributed by atoms with van der Waals surface area (Å²) < 4.78 is 0. The first-order chi connectivity index (χ1) is 7.27. The van der Waals surface area contributed by atoms with E-state index in [1.165, 1.54) is 5.56 Å². The largest absolute Gasteiger partial charge is 0.387 e. The van der Waals surface area contributed by atoms with E-state index < -0.39 is 0 Å². The van der Waals surface area contributed by atoms with Gasteiger partial charge in [-0.15, -0.1) is 0 Å². The molecule has 15 heavy (non-hydrogen) atoms. The number of nitrogens with one attached hydrogen (secondary N) is 1. The highest BCUT2D eigenvalue weighted by Crippen LogP contribution is 2.14. The van der Waals surface area contributed by atoms with E-state index in [4.69, 9.17) is 0 Å². The molecule has 2 N–H and O–H groups in total. The zero-order valence-corrected chi connectivity index (χ0v) is 9.66. The van der Waals surface area contributed by atoms with Crippen molar-refractivity contribution in [3.8, 4) is 0 Å². The number of benzene rings is 1. The third-order valence-electron chi connectivity index (χ3n) is 2.46. The Kier molecular flexibility index (Phi) is 5.37. The molecular formula is C13H21NO. The molecule has 1 aromatic carbocycles. The second-order valence-corrected chi connectivity index (χ2v) is 3.82. The zero-order valence-electron chi connectivity index (χ0n) is 9.66. The van der Waals surface area contributed by atoms with Crippen molar-refractivity contribution in [1.82, 2.24) is 5.32 Å². The predicted octanol–water partition coefficient (Wildman–Crippen LogP) is 2.28. The van der Waals surface area contributed by atoms with Crippen molar-refractivity contribution in [2.75, 3.05) is 13.1 Å². The second-order valence-electron chi connectivity index (χ2n) is 3.82. The quantitative estimate of drug-likeness (QED) is 0.750. The Hall–Kier alpha value is -0.860. The molecule has 0 aliphatic rings. The van der Waals surface area contributed by atoms with Crippen molar-refractivity contribution in [3.63, 3.8) is 0 Å². The lowest BCUT2D eigenvalue weighted by molar-refractivity contribution is 0.175. The highest BCUT2D eigenvalue weighted by Gasteiger charge is 2.06. The fourth-order valence-corrected chi connectivity index (χ4v) is 1.64. The lowest BCUT2D eigenvalue weighted by atomic mass is 10.0. The van der Waals surface area contributed by atoms with E-state index in [2.05, 4.69) is 24.4 Å². The van der Waals surface area contributed by atoms with Crippen molar-refractivity contribution >= 4 is 0 Å². The van der Waals surface area contributed by atoms with Crippen LogP contribution in [0.15, 0.2) is 24.3 Å². The number of hydrogen-bond donors (Lipinski definition) is 2. The molecule has 0 saturated carbocycles. The Labute approximate surface area is 92.3 Å². The lowest BCUT2D eigenvalue weighted by Crippen LogP contribution is -2.20. The van der Waals surface area contributed by atoms with Gasteiger partial charge < -0.3 is 10.4 Å². The van der Waals surface area contributed by atoms with E-state index in [-0.39, 0.29) is 6.10 Å². The lowest BCUT2D eigenvalue weighted by Gasteiger charge is -2.12. The summed E-state index contributed by atoms with van der Waals surface area (Å²) in [5, 5.41) is 13.0. The van der Waals surface area contributed by atoms with Gasteiger partial charge in [-0.2, -0.15) is 0 Å². The number of aliphatic hydroxyl groups excluding tert-OH is 1. The minimum Gasteiger partial charge on any atom is -0.387 e. The van der Waals surface area contributed by atoms with Crippen LogP contribution in [0.5, 0.6) is 0 Å². The van der Waals surface area contributed by atoms with Crippen molar-refractivity contribution < 1.29 is 5.11 Å². The Morgan fingerprint density at radius 2 is 2.13 bits per heavy atom. The van der Waals surface area contributed by atoms with E-state index in [9.17, 15) is 5.11 Å². The second kappa shape index (κ2) is 6.59. The molecule has 1 rings (SSSR count). The van der Waals surface area contributed by atoms with Gasteiger partial charge >= 0.3 is 0 Å². The molecule has 84 valence electrons. The molecule has 0 fully saturated rings. The molecule has 0 spiro atoms. The van der Waals surface area contributed by atoms with Gasteiger partial charge in [0, 0.05) is 6.54 Å². The highest BCUT2D eigenvalue weighted by molar-refractivity contribution is 5.25. The van der Waals surface area contributed by atoms with Crippen LogP contribution in [0, 0.1) is 0 Å². The predicted molar refractivity (Wildman–Crippen MR) is 63.9 cm³/mol. The van der Waals surface area contributed by atoms with Gasteiger partial charge in [0.2, 0.25) is 0 Å². The van der Waals surface area contributed by atoms with Crippen LogP contribution in [-0.4, -0.2) is 18.2 Å². The summed E-state index contributed by atoms with van der Waals surface area (Å²) in [6, 6.07) is 8.23. The van der Waals surface area contributed by atoms with Gasteiger partial charge in [-0.05, 0) is 24.1 Å². The third kappa shape index (κ3) is 4.02. The van der Waals surface area contributed by atoms with E-state index in [1.807, 2.05) is 19.1 Å². The number of aliphatic hydroxyl groups is 1. The van der Waals surface area contributed by atoms with Gasteiger partial charge in [-0.1, -0.05) is 44.5 Å². The van der Waals surface area contributed by atoms with Crippen molar-refractivity contribution in [1.29, 1.82) is 0 Å². The van der Waals surface area contributed by atoms with Crippen LogP contribution in [0.2, 0.25) is 0 Å². The Balaban J connectivity index is 2.62. The van der Waals surface area contributed by atoms with Crippen LogP contribution in [0.4, 0.5) is 0 Å². The SMILES string of the molecule is CCCc1cccc(C(O)CNCC)c1. The van der Waals surface area contributed by atoms with Gasteiger partial charge in [-0.3, -0.25) is 0 Å². The molecule has 2 heteroatoms. The van der Waals surface area contributed by atoms with E-state index in [1.54, 1.807) is 0 Å². The minimum atomic E-state index is -0.387. The summed E-state index contributed by atoms with van der Waals surface area (Å²) in [7, 11) is 0. The molecule has 0 radical (unpaired) electrons. The number of aryl methyl sites for hydroxylation is 1. The summed E-state index contributed by atoms with van der Waals surface area (Å²) in [5.74, 6) is 0. The topological polar surface area (TPSA) is 32.3 Å². The molecule has 0 heterocycles. The van der Waals surface area contributed by atoms with Gasteiger partial charge in [0.25, 0.3) is 0 Å².